The van der Waals surface area contributed by atoms with Crippen LogP contribution in [-0.2, 0) is 4.74 Å². The molecule has 1 unspecified atom stereocenters. The summed E-state index contributed by atoms with van der Waals surface area (Å²) in [5.74, 6) is 1.12. The van der Waals surface area contributed by atoms with Crippen LogP contribution in [0.25, 0.3) is 11.3 Å². The first-order valence-electron chi connectivity index (χ1n) is 8.42. The van der Waals surface area contributed by atoms with Crippen molar-refractivity contribution in [2.45, 2.75) is 12.0 Å². The van der Waals surface area contributed by atoms with Crippen LogP contribution < -0.4 is 5.32 Å². The van der Waals surface area contributed by atoms with E-state index in [1.807, 2.05) is 36.4 Å². The van der Waals surface area contributed by atoms with Crippen LogP contribution in [0, 0.1) is 5.92 Å². The molecule has 3 aliphatic rings. The molecule has 122 valence electrons. The number of hydrogen-bond donors (Lipinski definition) is 1. The molecule has 5 rings (SSSR count). The number of rotatable bonds is 2. The molecule has 2 fully saturated rings. The number of nitrogens with one attached hydrogen (secondary N) is 1. The molecule has 4 heterocycles. The number of benzene rings is 1. The maximum atomic E-state index is 6.21. The molecular formula is C18H19N5O. The lowest BCUT2D eigenvalue weighted by Gasteiger charge is -2.32. The molecule has 3 aliphatic heterocycles. The van der Waals surface area contributed by atoms with E-state index >= 15 is 0 Å². The SMILES string of the molecule is c1ccc(-c2ccnc(NC3=NC[C@@]4(CN5CC[C@H]4C5)O3)n2)cc1. The average Bonchev–Trinajstić information content (AvgIpc) is 3.33. The van der Waals surface area contributed by atoms with E-state index in [0.29, 0.717) is 17.9 Å². The Bertz CT molecular complexity index is 793. The van der Waals surface area contributed by atoms with E-state index in [4.69, 9.17) is 4.74 Å². The monoisotopic (exact) mass is 321 g/mol. The molecule has 6 nitrogen and oxygen atoms in total. The standard InChI is InChI=1S/C18H19N5O/c1-2-4-13(5-3-1)15-6-8-19-16(21-15)22-17-20-11-18(24-17)12-23-9-7-14(18)10-23/h1-6,8,14H,7,9-12H2,(H,19,20,21,22)/t14-,18-/m0/s1. The highest BCUT2D eigenvalue weighted by molar-refractivity contribution is 5.89. The Kier molecular flexibility index (Phi) is 3.06. The zero-order valence-electron chi connectivity index (χ0n) is 13.4. The van der Waals surface area contributed by atoms with Crippen LogP contribution in [0.4, 0.5) is 5.95 Å². The first kappa shape index (κ1) is 13.9. The molecule has 24 heavy (non-hydrogen) atoms. The van der Waals surface area contributed by atoms with Crippen LogP contribution in [0.5, 0.6) is 0 Å². The second kappa shape index (κ2) is 5.27. The van der Waals surface area contributed by atoms with Gasteiger partial charge in [-0.05, 0) is 19.0 Å². The summed E-state index contributed by atoms with van der Waals surface area (Å²) in [5, 5.41) is 3.15. The van der Waals surface area contributed by atoms with E-state index < -0.39 is 0 Å². The fourth-order valence-electron chi connectivity index (χ4n) is 4.02. The van der Waals surface area contributed by atoms with Crippen molar-refractivity contribution in [3.63, 3.8) is 0 Å². The van der Waals surface area contributed by atoms with E-state index in [9.17, 15) is 0 Å². The third kappa shape index (κ3) is 2.26. The Morgan fingerprint density at radius 1 is 1.21 bits per heavy atom. The minimum Gasteiger partial charge on any atom is -0.455 e. The van der Waals surface area contributed by atoms with Crippen molar-refractivity contribution in [3.05, 3.63) is 42.6 Å². The number of hydrogen-bond acceptors (Lipinski definition) is 6. The number of nitrogens with zero attached hydrogens (tertiary/aromatic N) is 4. The van der Waals surface area contributed by atoms with Gasteiger partial charge in [-0.2, -0.15) is 0 Å². The van der Waals surface area contributed by atoms with Crippen LogP contribution in [-0.4, -0.2) is 52.7 Å². The van der Waals surface area contributed by atoms with Gasteiger partial charge in [-0.1, -0.05) is 30.3 Å². The van der Waals surface area contributed by atoms with Gasteiger partial charge in [-0.25, -0.2) is 15.0 Å². The van der Waals surface area contributed by atoms with Crippen LogP contribution in [0.2, 0.25) is 0 Å². The molecule has 1 N–H and O–H groups in total. The summed E-state index contributed by atoms with van der Waals surface area (Å²) in [6.07, 6.45) is 2.97. The zero-order chi connectivity index (χ0) is 16.0. The van der Waals surface area contributed by atoms with Gasteiger partial charge >= 0.3 is 0 Å². The molecule has 0 radical (unpaired) electrons. The molecule has 2 aromatic rings. The molecule has 3 atom stereocenters. The number of amidine groups is 1. The number of aromatic nitrogens is 2. The highest BCUT2D eigenvalue weighted by atomic mass is 16.5. The van der Waals surface area contributed by atoms with Crippen LogP contribution >= 0.6 is 0 Å². The number of anilines is 1. The number of piperidine rings is 1. The fourth-order valence-corrected chi connectivity index (χ4v) is 4.02. The van der Waals surface area contributed by atoms with E-state index in [0.717, 1.165) is 30.9 Å². The van der Waals surface area contributed by atoms with Gasteiger partial charge in [0.1, 0.15) is 5.60 Å². The normalized spacial score (nSPS) is 30.4. The first-order valence-corrected chi connectivity index (χ1v) is 8.42. The van der Waals surface area contributed by atoms with Gasteiger partial charge in [0.05, 0.1) is 12.2 Å². The molecule has 0 aliphatic carbocycles. The maximum absolute atomic E-state index is 6.21. The number of aliphatic imine (C=N–C) groups is 1. The second-order valence-corrected chi connectivity index (χ2v) is 6.77. The van der Waals surface area contributed by atoms with E-state index in [-0.39, 0.29) is 5.60 Å². The largest absolute Gasteiger partial charge is 0.455 e. The lowest BCUT2D eigenvalue weighted by molar-refractivity contribution is 0.0363. The lowest BCUT2D eigenvalue weighted by Crippen LogP contribution is -2.46. The number of fused-ring (bicyclic) bond motifs is 3. The van der Waals surface area contributed by atoms with Gasteiger partial charge in [0.15, 0.2) is 0 Å². The fraction of sp³-hybridized carbons (Fsp3) is 0.389. The van der Waals surface area contributed by atoms with E-state index in [1.54, 1.807) is 6.20 Å². The molecular weight excluding hydrogens is 302 g/mol. The second-order valence-electron chi connectivity index (χ2n) is 6.77. The predicted molar refractivity (Wildman–Crippen MR) is 91.8 cm³/mol. The van der Waals surface area contributed by atoms with Crippen molar-refractivity contribution >= 4 is 12.0 Å². The Labute approximate surface area is 140 Å². The van der Waals surface area contributed by atoms with Gasteiger partial charge in [-0.15, -0.1) is 0 Å². The van der Waals surface area contributed by atoms with Crippen molar-refractivity contribution < 1.29 is 4.74 Å². The molecule has 2 saturated heterocycles. The van der Waals surface area contributed by atoms with Gasteiger partial charge in [0, 0.05) is 30.8 Å². The first-order chi connectivity index (χ1) is 11.8. The highest BCUT2D eigenvalue weighted by Crippen LogP contribution is 2.41. The van der Waals surface area contributed by atoms with Gasteiger partial charge in [0.25, 0.3) is 6.02 Å². The smallest absolute Gasteiger partial charge is 0.292 e. The summed E-state index contributed by atoms with van der Waals surface area (Å²) < 4.78 is 6.21. The average molecular weight is 321 g/mol. The summed E-state index contributed by atoms with van der Waals surface area (Å²) in [6.45, 7) is 4.05. The molecule has 0 amide bonds. The van der Waals surface area contributed by atoms with Gasteiger partial charge in [-0.3, -0.25) is 10.2 Å². The molecule has 6 heteroatoms. The quantitative estimate of drug-likeness (QED) is 0.917. The molecule has 1 aromatic carbocycles. The highest BCUT2D eigenvalue weighted by Gasteiger charge is 2.54. The van der Waals surface area contributed by atoms with Gasteiger partial charge in [0.2, 0.25) is 5.95 Å². The van der Waals surface area contributed by atoms with Crippen molar-refractivity contribution in [3.8, 4) is 11.3 Å². The third-order valence-electron chi connectivity index (χ3n) is 5.24. The van der Waals surface area contributed by atoms with Crippen molar-refractivity contribution in [1.29, 1.82) is 0 Å². The summed E-state index contributed by atoms with van der Waals surface area (Å²) >= 11 is 0. The Balaban J connectivity index is 1.32. The van der Waals surface area contributed by atoms with Crippen LogP contribution in [0.1, 0.15) is 6.42 Å². The van der Waals surface area contributed by atoms with Crippen LogP contribution in [0.3, 0.4) is 0 Å². The van der Waals surface area contributed by atoms with Crippen LogP contribution in [0.15, 0.2) is 47.6 Å². The minimum absolute atomic E-state index is 0.127. The maximum Gasteiger partial charge on any atom is 0.292 e. The molecule has 2 bridgehead atoms. The Morgan fingerprint density at radius 2 is 2.12 bits per heavy atom. The van der Waals surface area contributed by atoms with E-state index in [2.05, 4.69) is 25.2 Å². The molecule has 0 saturated carbocycles. The Hall–Kier alpha value is -2.47. The molecule has 1 aromatic heterocycles. The summed E-state index contributed by atoms with van der Waals surface area (Å²) in [4.78, 5) is 15.9. The van der Waals surface area contributed by atoms with Crippen molar-refractivity contribution in [2.75, 3.05) is 31.5 Å². The van der Waals surface area contributed by atoms with Crippen molar-refractivity contribution in [2.24, 2.45) is 10.9 Å². The summed E-state index contributed by atoms with van der Waals surface area (Å²) in [5.41, 5.74) is 1.82. The third-order valence-corrected chi connectivity index (χ3v) is 5.24. The number of ether oxygens (including phenoxy) is 1. The molecule has 1 spiro atoms. The lowest BCUT2D eigenvalue weighted by atomic mass is 9.88. The zero-order valence-corrected chi connectivity index (χ0v) is 13.4. The predicted octanol–water partition coefficient (Wildman–Crippen LogP) is 2.02. The van der Waals surface area contributed by atoms with Gasteiger partial charge < -0.3 is 4.74 Å². The minimum atomic E-state index is -0.127. The summed E-state index contributed by atoms with van der Waals surface area (Å²) in [6, 6.07) is 12.5. The van der Waals surface area contributed by atoms with Crippen molar-refractivity contribution in [1.82, 2.24) is 14.9 Å². The summed E-state index contributed by atoms with van der Waals surface area (Å²) in [7, 11) is 0. The van der Waals surface area contributed by atoms with E-state index in [1.165, 1.54) is 13.0 Å². The topological polar surface area (TPSA) is 62.6 Å². The Morgan fingerprint density at radius 3 is 2.92 bits per heavy atom.